The largest absolute Gasteiger partial charge is 0.483 e. The highest BCUT2D eigenvalue weighted by Gasteiger charge is 2.10. The number of amides is 1. The van der Waals surface area contributed by atoms with Crippen LogP contribution in [0, 0.1) is 6.92 Å². The Morgan fingerprint density at radius 2 is 1.84 bits per heavy atom. The quantitative estimate of drug-likeness (QED) is 0.691. The predicted octanol–water partition coefficient (Wildman–Crippen LogP) is 5.48. The zero-order valence-corrected chi connectivity index (χ0v) is 15.8. The molecular formula is C22H29NO2. The van der Waals surface area contributed by atoms with Gasteiger partial charge in [0.05, 0.1) is 0 Å². The third-order valence-corrected chi connectivity index (χ3v) is 4.21. The van der Waals surface area contributed by atoms with Crippen LogP contribution in [0.15, 0.2) is 42.5 Å². The van der Waals surface area contributed by atoms with Crippen molar-refractivity contribution in [2.45, 2.75) is 52.9 Å². The Morgan fingerprint density at radius 1 is 1.12 bits per heavy atom. The Hall–Kier alpha value is -2.29. The van der Waals surface area contributed by atoms with Crippen LogP contribution < -0.4 is 10.1 Å². The first-order chi connectivity index (χ1) is 12.0. The van der Waals surface area contributed by atoms with Crippen LogP contribution in [-0.4, -0.2) is 12.5 Å². The van der Waals surface area contributed by atoms with Crippen molar-refractivity contribution in [2.75, 3.05) is 11.9 Å². The molecule has 0 aliphatic rings. The molecule has 2 aromatic rings. The molecule has 0 bridgehead atoms. The van der Waals surface area contributed by atoms with Crippen molar-refractivity contribution in [3.63, 3.8) is 0 Å². The number of benzene rings is 2. The third-order valence-electron chi connectivity index (χ3n) is 4.21. The van der Waals surface area contributed by atoms with Crippen LogP contribution in [0.25, 0.3) is 0 Å². The molecule has 134 valence electrons. The van der Waals surface area contributed by atoms with Gasteiger partial charge in [0, 0.05) is 5.69 Å². The summed E-state index contributed by atoms with van der Waals surface area (Å²) in [7, 11) is 0. The lowest BCUT2D eigenvalue weighted by Gasteiger charge is -2.15. The van der Waals surface area contributed by atoms with E-state index in [-0.39, 0.29) is 12.5 Å². The van der Waals surface area contributed by atoms with Crippen molar-refractivity contribution in [3.8, 4) is 5.75 Å². The van der Waals surface area contributed by atoms with Crippen LogP contribution in [-0.2, 0) is 11.2 Å². The zero-order chi connectivity index (χ0) is 18.2. The van der Waals surface area contributed by atoms with E-state index in [9.17, 15) is 4.79 Å². The number of rotatable bonds is 8. The van der Waals surface area contributed by atoms with Gasteiger partial charge in [-0.15, -0.1) is 0 Å². The maximum Gasteiger partial charge on any atom is 0.262 e. The molecule has 3 nitrogen and oxygen atoms in total. The van der Waals surface area contributed by atoms with E-state index >= 15 is 0 Å². The number of ether oxygens (including phenoxy) is 1. The first kappa shape index (κ1) is 19.0. The third kappa shape index (κ3) is 5.93. The monoisotopic (exact) mass is 339 g/mol. The van der Waals surface area contributed by atoms with Crippen molar-refractivity contribution in [2.24, 2.45) is 0 Å². The first-order valence-electron chi connectivity index (χ1n) is 9.11. The van der Waals surface area contributed by atoms with Gasteiger partial charge in [0.25, 0.3) is 5.91 Å². The summed E-state index contributed by atoms with van der Waals surface area (Å²) in [5, 5.41) is 2.89. The minimum atomic E-state index is -0.141. The van der Waals surface area contributed by atoms with Gasteiger partial charge in [-0.3, -0.25) is 4.79 Å². The fraction of sp³-hybridized carbons (Fsp3) is 0.409. The maximum absolute atomic E-state index is 12.2. The fourth-order valence-corrected chi connectivity index (χ4v) is 2.72. The number of unbranched alkanes of at least 4 members (excludes halogenated alkanes) is 1. The minimum absolute atomic E-state index is 0.0146. The van der Waals surface area contributed by atoms with Gasteiger partial charge in [0.1, 0.15) is 5.75 Å². The molecule has 0 fully saturated rings. The van der Waals surface area contributed by atoms with Crippen molar-refractivity contribution in [1.82, 2.24) is 0 Å². The van der Waals surface area contributed by atoms with Crippen molar-refractivity contribution in [1.29, 1.82) is 0 Å². The fourth-order valence-electron chi connectivity index (χ4n) is 2.72. The van der Waals surface area contributed by atoms with Gasteiger partial charge >= 0.3 is 0 Å². The number of anilines is 1. The highest BCUT2D eigenvalue weighted by atomic mass is 16.5. The number of nitrogens with one attached hydrogen (secondary N) is 1. The van der Waals surface area contributed by atoms with Gasteiger partial charge < -0.3 is 10.1 Å². The predicted molar refractivity (Wildman–Crippen MR) is 104 cm³/mol. The Morgan fingerprint density at radius 3 is 2.48 bits per heavy atom. The summed E-state index contributed by atoms with van der Waals surface area (Å²) >= 11 is 0. The molecule has 0 spiro atoms. The summed E-state index contributed by atoms with van der Waals surface area (Å²) < 4.78 is 5.78. The molecule has 3 heteroatoms. The second-order valence-corrected chi connectivity index (χ2v) is 6.83. The van der Waals surface area contributed by atoms with E-state index < -0.39 is 0 Å². The van der Waals surface area contributed by atoms with E-state index in [0.29, 0.717) is 5.92 Å². The number of carbonyl (C=O) groups is 1. The van der Waals surface area contributed by atoms with Gasteiger partial charge in [0.15, 0.2) is 6.61 Å². The summed E-state index contributed by atoms with van der Waals surface area (Å²) in [6, 6.07) is 14.2. The van der Waals surface area contributed by atoms with E-state index in [2.05, 4.69) is 50.4 Å². The van der Waals surface area contributed by atoms with Gasteiger partial charge in [-0.05, 0) is 60.6 Å². The van der Waals surface area contributed by atoms with E-state index in [1.165, 1.54) is 18.4 Å². The molecule has 0 aliphatic carbocycles. The Balaban J connectivity index is 1.92. The molecule has 0 heterocycles. The number of aryl methyl sites for hydroxylation is 2. The highest BCUT2D eigenvalue weighted by Crippen LogP contribution is 2.27. The molecule has 0 saturated heterocycles. The van der Waals surface area contributed by atoms with Crippen molar-refractivity contribution < 1.29 is 9.53 Å². The van der Waals surface area contributed by atoms with Gasteiger partial charge in [0.2, 0.25) is 0 Å². The van der Waals surface area contributed by atoms with Crippen LogP contribution in [0.5, 0.6) is 5.75 Å². The molecule has 0 radical (unpaired) electrons. The lowest BCUT2D eigenvalue weighted by molar-refractivity contribution is -0.118. The Bertz CT molecular complexity index is 690. The average Bonchev–Trinajstić information content (AvgIpc) is 2.59. The number of hydrogen-bond acceptors (Lipinski definition) is 2. The van der Waals surface area contributed by atoms with Crippen LogP contribution in [0.4, 0.5) is 5.69 Å². The van der Waals surface area contributed by atoms with Crippen molar-refractivity contribution in [3.05, 3.63) is 59.2 Å². The van der Waals surface area contributed by atoms with E-state index in [1.54, 1.807) is 0 Å². The molecule has 1 amide bonds. The lowest BCUT2D eigenvalue weighted by atomic mass is 10.0. The molecule has 2 rings (SSSR count). The number of hydrogen-bond donors (Lipinski definition) is 1. The second kappa shape index (κ2) is 9.26. The minimum Gasteiger partial charge on any atom is -0.483 e. The molecule has 0 aromatic heterocycles. The maximum atomic E-state index is 12.2. The van der Waals surface area contributed by atoms with Gasteiger partial charge in [-0.25, -0.2) is 0 Å². The van der Waals surface area contributed by atoms with Gasteiger partial charge in [-0.2, -0.15) is 0 Å². The molecular weight excluding hydrogens is 310 g/mol. The zero-order valence-electron chi connectivity index (χ0n) is 15.8. The first-order valence-corrected chi connectivity index (χ1v) is 9.11. The van der Waals surface area contributed by atoms with Crippen molar-refractivity contribution >= 4 is 11.6 Å². The van der Waals surface area contributed by atoms with Gasteiger partial charge in [-0.1, -0.05) is 51.5 Å². The van der Waals surface area contributed by atoms with Crippen LogP contribution in [0.1, 0.15) is 56.2 Å². The van der Waals surface area contributed by atoms with E-state index in [1.807, 2.05) is 25.1 Å². The lowest BCUT2D eigenvalue weighted by Crippen LogP contribution is -2.20. The SMILES string of the molecule is CCCCc1ccc(NC(=O)COc2cc(C)ccc2C(C)C)cc1. The normalized spacial score (nSPS) is 10.8. The standard InChI is InChI=1S/C22H29NO2/c1-5-6-7-18-9-11-19(12-10-18)23-22(24)15-25-21-14-17(4)8-13-20(21)16(2)3/h8-14,16H,5-7,15H2,1-4H3,(H,23,24). The van der Waals surface area contributed by atoms with Crippen LogP contribution in [0.2, 0.25) is 0 Å². The molecule has 0 saturated carbocycles. The second-order valence-electron chi connectivity index (χ2n) is 6.83. The highest BCUT2D eigenvalue weighted by molar-refractivity contribution is 5.91. The molecule has 1 N–H and O–H groups in total. The summed E-state index contributed by atoms with van der Waals surface area (Å²) in [4.78, 5) is 12.2. The summed E-state index contributed by atoms with van der Waals surface area (Å²) in [6.45, 7) is 8.47. The van der Waals surface area contributed by atoms with E-state index in [0.717, 1.165) is 29.0 Å². The number of carbonyl (C=O) groups excluding carboxylic acids is 1. The molecule has 25 heavy (non-hydrogen) atoms. The molecule has 2 aromatic carbocycles. The summed E-state index contributed by atoms with van der Waals surface area (Å²) in [5.41, 5.74) is 4.36. The van der Waals surface area contributed by atoms with E-state index in [4.69, 9.17) is 4.74 Å². The average molecular weight is 339 g/mol. The van der Waals surface area contributed by atoms with Crippen LogP contribution >= 0.6 is 0 Å². The summed E-state index contributed by atoms with van der Waals surface area (Å²) in [6.07, 6.45) is 3.46. The van der Waals surface area contributed by atoms with Crippen LogP contribution in [0.3, 0.4) is 0 Å². The Kier molecular flexibility index (Phi) is 7.05. The molecule has 0 aliphatic heterocycles. The topological polar surface area (TPSA) is 38.3 Å². The molecule has 0 atom stereocenters. The summed E-state index contributed by atoms with van der Waals surface area (Å²) in [5.74, 6) is 1.01. The smallest absolute Gasteiger partial charge is 0.262 e. The Labute approximate surface area is 151 Å². The molecule has 0 unspecified atom stereocenters.